The van der Waals surface area contributed by atoms with E-state index in [1.54, 1.807) is 12.4 Å². The van der Waals surface area contributed by atoms with Crippen LogP contribution in [0.2, 0.25) is 0 Å². The van der Waals surface area contributed by atoms with Gasteiger partial charge in [0.25, 0.3) is 0 Å². The van der Waals surface area contributed by atoms with Gasteiger partial charge >= 0.3 is 5.97 Å². The zero-order valence-electron chi connectivity index (χ0n) is 7.30. The summed E-state index contributed by atoms with van der Waals surface area (Å²) in [4.78, 5) is 12.2. The predicted molar refractivity (Wildman–Crippen MR) is 49.9 cm³/mol. The van der Waals surface area contributed by atoms with Crippen LogP contribution in [0.4, 0.5) is 5.69 Å². The fraction of sp³-hybridized carbons (Fsp3) is 0.375. The van der Waals surface area contributed by atoms with Gasteiger partial charge in [0.1, 0.15) is 0 Å². The largest absolute Gasteiger partial charge is 0.465 e. The summed E-state index contributed by atoms with van der Waals surface area (Å²) in [7, 11) is 3.18. The normalized spacial score (nSPS) is 9.58. The molecule has 0 unspecified atom stereocenters. The fourth-order valence-electron chi connectivity index (χ4n) is 1.03. The molecule has 1 heterocycles. The minimum atomic E-state index is -0.288. The number of nitrogens with one attached hydrogen (secondary N) is 1. The molecule has 0 aliphatic carbocycles. The lowest BCUT2D eigenvalue weighted by Crippen LogP contribution is -2.03. The molecule has 0 aliphatic rings. The number of aryl methyl sites for hydroxylation is 1. The Bertz CT molecular complexity index is 293. The maximum Gasteiger partial charge on any atom is 0.340 e. The molecule has 0 saturated heterocycles. The molecule has 1 N–H and O–H groups in total. The molecular weight excluding hydrogens is 174 g/mol. The van der Waals surface area contributed by atoms with Crippen LogP contribution in [0.1, 0.15) is 15.2 Å². The zero-order valence-corrected chi connectivity index (χ0v) is 8.12. The average Bonchev–Trinajstić information content (AvgIpc) is 2.45. The molecule has 3 nitrogen and oxygen atoms in total. The van der Waals surface area contributed by atoms with Gasteiger partial charge in [0, 0.05) is 17.3 Å². The van der Waals surface area contributed by atoms with Crippen LogP contribution in [0.3, 0.4) is 0 Å². The third-order valence-electron chi connectivity index (χ3n) is 1.63. The number of ether oxygens (including phenoxy) is 1. The third-order valence-corrected chi connectivity index (χ3v) is 2.54. The second kappa shape index (κ2) is 3.58. The Morgan fingerprint density at radius 1 is 1.67 bits per heavy atom. The standard InChI is InChI=1S/C8H11NO2S/c1-5-7(9-2)6(4-12-5)8(10)11-3/h4,9H,1-3H3. The number of carbonyl (C=O) groups is 1. The van der Waals surface area contributed by atoms with Gasteiger partial charge in [-0.3, -0.25) is 0 Å². The van der Waals surface area contributed by atoms with Crippen LogP contribution in [-0.2, 0) is 4.74 Å². The van der Waals surface area contributed by atoms with Crippen molar-refractivity contribution in [3.05, 3.63) is 15.8 Å². The first kappa shape index (κ1) is 9.06. The highest BCUT2D eigenvalue weighted by Crippen LogP contribution is 2.27. The van der Waals surface area contributed by atoms with Crippen LogP contribution < -0.4 is 5.32 Å². The monoisotopic (exact) mass is 185 g/mol. The Morgan fingerprint density at radius 3 is 2.83 bits per heavy atom. The maximum absolute atomic E-state index is 11.2. The minimum absolute atomic E-state index is 0.288. The van der Waals surface area contributed by atoms with E-state index in [1.165, 1.54) is 18.4 Å². The van der Waals surface area contributed by atoms with Gasteiger partial charge < -0.3 is 10.1 Å². The molecule has 0 amide bonds. The molecule has 0 bridgehead atoms. The lowest BCUT2D eigenvalue weighted by atomic mass is 10.2. The van der Waals surface area contributed by atoms with Crippen molar-refractivity contribution < 1.29 is 9.53 Å². The number of rotatable bonds is 2. The van der Waals surface area contributed by atoms with E-state index < -0.39 is 0 Å². The van der Waals surface area contributed by atoms with Crippen molar-refractivity contribution in [1.29, 1.82) is 0 Å². The van der Waals surface area contributed by atoms with Gasteiger partial charge in [-0.05, 0) is 6.92 Å². The molecule has 1 rings (SSSR count). The van der Waals surface area contributed by atoms with Crippen LogP contribution in [0.25, 0.3) is 0 Å². The maximum atomic E-state index is 11.2. The Morgan fingerprint density at radius 2 is 2.33 bits per heavy atom. The Balaban J connectivity index is 3.07. The first-order valence-corrected chi connectivity index (χ1v) is 4.42. The quantitative estimate of drug-likeness (QED) is 0.715. The zero-order chi connectivity index (χ0) is 9.14. The van der Waals surface area contributed by atoms with Gasteiger partial charge in [-0.1, -0.05) is 0 Å². The molecule has 66 valence electrons. The van der Waals surface area contributed by atoms with E-state index in [-0.39, 0.29) is 5.97 Å². The third kappa shape index (κ3) is 1.43. The highest BCUT2D eigenvalue weighted by Gasteiger charge is 2.14. The Labute approximate surface area is 75.4 Å². The number of thiophene rings is 1. The highest BCUT2D eigenvalue weighted by atomic mass is 32.1. The van der Waals surface area contributed by atoms with Crippen molar-refractivity contribution in [3.8, 4) is 0 Å². The molecule has 0 spiro atoms. The van der Waals surface area contributed by atoms with Gasteiger partial charge in [-0.15, -0.1) is 11.3 Å². The van der Waals surface area contributed by atoms with Crippen LogP contribution >= 0.6 is 11.3 Å². The number of hydrogen-bond donors (Lipinski definition) is 1. The van der Waals surface area contributed by atoms with Crippen molar-refractivity contribution >= 4 is 23.0 Å². The number of anilines is 1. The van der Waals surface area contributed by atoms with Gasteiger partial charge in [0.05, 0.1) is 18.4 Å². The van der Waals surface area contributed by atoms with Crippen LogP contribution in [-0.4, -0.2) is 20.1 Å². The first-order chi connectivity index (χ1) is 5.70. The smallest absolute Gasteiger partial charge is 0.340 e. The molecular formula is C8H11NO2S. The van der Waals surface area contributed by atoms with E-state index in [0.29, 0.717) is 5.56 Å². The molecule has 1 aromatic heterocycles. The van der Waals surface area contributed by atoms with Gasteiger partial charge in [0.15, 0.2) is 0 Å². The van der Waals surface area contributed by atoms with E-state index >= 15 is 0 Å². The van der Waals surface area contributed by atoms with Crippen molar-refractivity contribution in [1.82, 2.24) is 0 Å². The molecule has 0 aliphatic heterocycles. The Kier molecular flexibility index (Phi) is 2.70. The van der Waals surface area contributed by atoms with E-state index in [4.69, 9.17) is 0 Å². The second-order valence-corrected chi connectivity index (χ2v) is 3.41. The van der Waals surface area contributed by atoms with Crippen molar-refractivity contribution in [3.63, 3.8) is 0 Å². The summed E-state index contributed by atoms with van der Waals surface area (Å²) < 4.78 is 4.62. The summed E-state index contributed by atoms with van der Waals surface area (Å²) in [5.41, 5.74) is 1.48. The first-order valence-electron chi connectivity index (χ1n) is 3.54. The van der Waals surface area contributed by atoms with Gasteiger partial charge in [-0.25, -0.2) is 4.79 Å². The average molecular weight is 185 g/mol. The topological polar surface area (TPSA) is 38.3 Å². The molecule has 1 aromatic rings. The molecule has 0 fully saturated rings. The van der Waals surface area contributed by atoms with E-state index in [9.17, 15) is 4.79 Å². The van der Waals surface area contributed by atoms with Crippen LogP contribution in [0.15, 0.2) is 5.38 Å². The second-order valence-electron chi connectivity index (χ2n) is 2.32. The Hall–Kier alpha value is -1.03. The number of methoxy groups -OCH3 is 1. The molecule has 4 heteroatoms. The van der Waals surface area contributed by atoms with E-state index in [1.807, 2.05) is 6.92 Å². The van der Waals surface area contributed by atoms with Gasteiger partial charge in [0.2, 0.25) is 0 Å². The van der Waals surface area contributed by atoms with E-state index in [2.05, 4.69) is 10.1 Å². The van der Waals surface area contributed by atoms with Crippen molar-refractivity contribution in [2.45, 2.75) is 6.92 Å². The van der Waals surface area contributed by atoms with Crippen LogP contribution in [0, 0.1) is 6.92 Å². The molecule has 0 radical (unpaired) electrons. The molecule has 0 atom stereocenters. The lowest BCUT2D eigenvalue weighted by Gasteiger charge is -2.01. The summed E-state index contributed by atoms with van der Waals surface area (Å²) in [6.07, 6.45) is 0. The lowest BCUT2D eigenvalue weighted by molar-refractivity contribution is 0.0602. The van der Waals surface area contributed by atoms with Gasteiger partial charge in [-0.2, -0.15) is 0 Å². The summed E-state index contributed by atoms with van der Waals surface area (Å²) in [6.45, 7) is 1.96. The molecule has 0 aromatic carbocycles. The van der Waals surface area contributed by atoms with Crippen molar-refractivity contribution in [2.75, 3.05) is 19.5 Å². The summed E-state index contributed by atoms with van der Waals surface area (Å²) in [5.74, 6) is -0.288. The predicted octanol–water partition coefficient (Wildman–Crippen LogP) is 1.88. The fourth-order valence-corrected chi connectivity index (χ4v) is 1.86. The summed E-state index contributed by atoms with van der Waals surface area (Å²) in [5, 5.41) is 4.77. The number of carbonyl (C=O) groups excluding carboxylic acids is 1. The molecule has 0 saturated carbocycles. The minimum Gasteiger partial charge on any atom is -0.465 e. The van der Waals surface area contributed by atoms with Crippen molar-refractivity contribution in [2.24, 2.45) is 0 Å². The number of hydrogen-bond acceptors (Lipinski definition) is 4. The SMILES string of the molecule is CNc1c(C(=O)OC)csc1C. The summed E-state index contributed by atoms with van der Waals surface area (Å²) in [6, 6.07) is 0. The summed E-state index contributed by atoms with van der Waals surface area (Å²) >= 11 is 1.54. The highest BCUT2D eigenvalue weighted by molar-refractivity contribution is 7.10. The van der Waals surface area contributed by atoms with E-state index in [0.717, 1.165) is 10.6 Å². The molecule has 12 heavy (non-hydrogen) atoms. The number of esters is 1. The van der Waals surface area contributed by atoms with Crippen LogP contribution in [0.5, 0.6) is 0 Å².